The smallest absolute Gasteiger partial charge is 0.156 e. The second kappa shape index (κ2) is 7.88. The minimum Gasteiger partial charge on any atom is -0.378 e. The van der Waals surface area contributed by atoms with E-state index in [1.54, 1.807) is 5.57 Å². The second-order valence-electron chi connectivity index (χ2n) is 11.2. The first-order chi connectivity index (χ1) is 15.7. The first-order valence-electron chi connectivity index (χ1n) is 12.6. The third-order valence-electron chi connectivity index (χ3n) is 9.36. The lowest BCUT2D eigenvalue weighted by Gasteiger charge is -2.54. The van der Waals surface area contributed by atoms with E-state index in [1.165, 1.54) is 28.0 Å². The number of carbonyl (C=O) groups excluding carboxylic acids is 1. The number of nitrogens with zero attached hydrogens (tertiary/aromatic N) is 1. The van der Waals surface area contributed by atoms with E-state index in [9.17, 15) is 9.90 Å². The van der Waals surface area contributed by atoms with E-state index in [1.807, 2.05) is 13.0 Å². The Labute approximate surface area is 199 Å². The number of aryl methyl sites for hydroxylation is 1. The van der Waals surface area contributed by atoms with Crippen LogP contribution in [0.2, 0.25) is 0 Å². The molecule has 0 amide bonds. The van der Waals surface area contributed by atoms with E-state index >= 15 is 0 Å². The molecule has 0 heterocycles. The number of hydrogen-bond donors (Lipinski definition) is 1. The normalized spacial score (nSPS) is 35.2. The number of aliphatic hydroxyl groups is 1. The van der Waals surface area contributed by atoms with Crippen LogP contribution in [-0.2, 0) is 4.79 Å². The average Bonchev–Trinajstić information content (AvgIpc) is 3.03. The van der Waals surface area contributed by atoms with Crippen LogP contribution < -0.4 is 4.90 Å². The van der Waals surface area contributed by atoms with Gasteiger partial charge in [0.05, 0.1) is 0 Å². The molecule has 0 radical (unpaired) electrons. The fourth-order valence-electron chi connectivity index (χ4n) is 7.69. The fraction of sp³-hybridized carbons (Fsp3) is 0.567. The van der Waals surface area contributed by atoms with Crippen molar-refractivity contribution >= 4 is 11.5 Å². The summed E-state index contributed by atoms with van der Waals surface area (Å²) in [5.74, 6) is 7.77. The van der Waals surface area contributed by atoms with Gasteiger partial charge >= 0.3 is 0 Å². The molecule has 0 spiro atoms. The van der Waals surface area contributed by atoms with Gasteiger partial charge in [0.2, 0.25) is 0 Å². The Balaban J connectivity index is 1.70. The number of benzene rings is 1. The molecular weight excluding hydrogens is 406 g/mol. The van der Waals surface area contributed by atoms with Crippen molar-refractivity contribution in [3.8, 4) is 11.8 Å². The van der Waals surface area contributed by atoms with Crippen LogP contribution in [0, 0.1) is 36.0 Å². The van der Waals surface area contributed by atoms with E-state index in [4.69, 9.17) is 0 Å². The standard InChI is InChI=1S/C30H37NO2/c1-6-14-30(33)15-13-27-25-10-7-20-17-22(32)9-12-24(20)28(25)26(18-29(27,30)3)23-11-8-21(31(4)5)16-19(23)2/h8,11,16-17,25-27,33H,7,9-10,12-13,15,18H2,1-5H3/t25-,26+,27-,29-,30-/m0/s1. The monoisotopic (exact) mass is 443 g/mol. The number of hydrogen-bond acceptors (Lipinski definition) is 3. The molecule has 0 aliphatic heterocycles. The molecule has 5 rings (SSSR count). The molecule has 4 aliphatic carbocycles. The second-order valence-corrected chi connectivity index (χ2v) is 11.2. The highest BCUT2D eigenvalue weighted by Gasteiger charge is 2.62. The molecule has 3 nitrogen and oxygen atoms in total. The van der Waals surface area contributed by atoms with E-state index in [-0.39, 0.29) is 17.1 Å². The van der Waals surface area contributed by atoms with Gasteiger partial charge in [0.25, 0.3) is 0 Å². The zero-order valence-corrected chi connectivity index (χ0v) is 20.8. The van der Waals surface area contributed by atoms with Crippen molar-refractivity contribution in [3.05, 3.63) is 52.1 Å². The number of ketones is 1. The Morgan fingerprint density at radius 3 is 2.64 bits per heavy atom. The molecule has 1 aromatic carbocycles. The van der Waals surface area contributed by atoms with Gasteiger partial charge in [-0.3, -0.25) is 4.79 Å². The predicted molar refractivity (Wildman–Crippen MR) is 134 cm³/mol. The maximum atomic E-state index is 12.2. The number of allylic oxidation sites excluding steroid dienone is 4. The van der Waals surface area contributed by atoms with Crippen LogP contribution in [0.15, 0.2) is 41.0 Å². The number of anilines is 1. The lowest BCUT2D eigenvalue weighted by Crippen LogP contribution is -2.51. The summed E-state index contributed by atoms with van der Waals surface area (Å²) >= 11 is 0. The van der Waals surface area contributed by atoms with Crippen LogP contribution in [0.25, 0.3) is 0 Å². The first kappa shape index (κ1) is 22.5. The minimum atomic E-state index is -0.920. The molecule has 0 saturated heterocycles. The van der Waals surface area contributed by atoms with E-state index in [2.05, 4.69) is 62.9 Å². The van der Waals surface area contributed by atoms with Gasteiger partial charge in [0, 0.05) is 37.5 Å². The lowest BCUT2D eigenvalue weighted by atomic mass is 9.51. The van der Waals surface area contributed by atoms with E-state index < -0.39 is 5.60 Å². The fourth-order valence-corrected chi connectivity index (χ4v) is 7.69. The minimum absolute atomic E-state index is 0.228. The third-order valence-corrected chi connectivity index (χ3v) is 9.36. The van der Waals surface area contributed by atoms with Gasteiger partial charge in [0.1, 0.15) is 5.60 Å². The van der Waals surface area contributed by atoms with Crippen LogP contribution in [0.3, 0.4) is 0 Å². The molecule has 0 bridgehead atoms. The van der Waals surface area contributed by atoms with Gasteiger partial charge in [-0.25, -0.2) is 0 Å². The summed E-state index contributed by atoms with van der Waals surface area (Å²) < 4.78 is 0. The summed E-state index contributed by atoms with van der Waals surface area (Å²) in [6.07, 6.45) is 8.24. The zero-order chi connectivity index (χ0) is 23.5. The molecule has 174 valence electrons. The quantitative estimate of drug-likeness (QED) is 0.595. The molecule has 2 fully saturated rings. The molecule has 0 aromatic heterocycles. The van der Waals surface area contributed by atoms with Crippen LogP contribution in [-0.4, -0.2) is 30.6 Å². The highest BCUT2D eigenvalue weighted by atomic mass is 16.3. The third kappa shape index (κ3) is 3.33. The lowest BCUT2D eigenvalue weighted by molar-refractivity contribution is -0.114. The number of fused-ring (bicyclic) bond motifs is 4. The Morgan fingerprint density at radius 1 is 1.15 bits per heavy atom. The van der Waals surface area contributed by atoms with Gasteiger partial charge in [0.15, 0.2) is 5.78 Å². The Bertz CT molecular complexity index is 1130. The maximum absolute atomic E-state index is 12.2. The summed E-state index contributed by atoms with van der Waals surface area (Å²) in [4.78, 5) is 14.4. The van der Waals surface area contributed by atoms with Crippen molar-refractivity contribution in [2.45, 2.75) is 77.2 Å². The molecule has 4 aliphatic rings. The molecule has 3 heteroatoms. The highest BCUT2D eigenvalue weighted by molar-refractivity contribution is 5.93. The Hall–Kier alpha value is -2.31. The SMILES string of the molecule is CC#C[C@]1(O)CC[C@H]2[C@@H]3CCC4=CC(=O)CCC4=C3[C@@H](c3ccc(N(C)C)cc3C)C[C@@]21C. The van der Waals surface area contributed by atoms with Crippen molar-refractivity contribution in [1.29, 1.82) is 0 Å². The van der Waals surface area contributed by atoms with Crippen LogP contribution in [0.4, 0.5) is 5.69 Å². The first-order valence-corrected chi connectivity index (χ1v) is 12.6. The van der Waals surface area contributed by atoms with Crippen LogP contribution in [0.1, 0.15) is 75.8 Å². The van der Waals surface area contributed by atoms with Crippen molar-refractivity contribution in [3.63, 3.8) is 0 Å². The van der Waals surface area contributed by atoms with E-state index in [0.717, 1.165) is 38.5 Å². The molecule has 33 heavy (non-hydrogen) atoms. The summed E-state index contributed by atoms with van der Waals surface area (Å²) in [7, 11) is 4.17. The molecule has 2 saturated carbocycles. The molecule has 0 unspecified atom stereocenters. The van der Waals surface area contributed by atoms with Gasteiger partial charge in [-0.05, 0) is 105 Å². The van der Waals surface area contributed by atoms with Crippen molar-refractivity contribution in [2.75, 3.05) is 19.0 Å². The Kier molecular flexibility index (Phi) is 5.37. The van der Waals surface area contributed by atoms with Crippen molar-refractivity contribution < 1.29 is 9.90 Å². The molecular formula is C30H37NO2. The van der Waals surface area contributed by atoms with Crippen molar-refractivity contribution in [1.82, 2.24) is 0 Å². The summed E-state index contributed by atoms with van der Waals surface area (Å²) in [6.45, 7) is 6.39. The zero-order valence-electron chi connectivity index (χ0n) is 20.8. The van der Waals surface area contributed by atoms with Crippen LogP contribution >= 0.6 is 0 Å². The highest BCUT2D eigenvalue weighted by Crippen LogP contribution is 2.66. The summed E-state index contributed by atoms with van der Waals surface area (Å²) in [5.41, 5.74) is 7.09. The summed E-state index contributed by atoms with van der Waals surface area (Å²) in [5, 5.41) is 11.8. The van der Waals surface area contributed by atoms with E-state index in [0.29, 0.717) is 18.3 Å². The van der Waals surface area contributed by atoms with Gasteiger partial charge in [-0.1, -0.05) is 24.5 Å². The molecule has 5 atom stereocenters. The van der Waals surface area contributed by atoms with Gasteiger partial charge in [-0.2, -0.15) is 0 Å². The van der Waals surface area contributed by atoms with Crippen molar-refractivity contribution in [2.24, 2.45) is 17.3 Å². The summed E-state index contributed by atoms with van der Waals surface area (Å²) in [6, 6.07) is 6.84. The van der Waals surface area contributed by atoms with Gasteiger partial charge in [-0.15, -0.1) is 5.92 Å². The number of carbonyl (C=O) groups is 1. The molecule has 1 aromatic rings. The topological polar surface area (TPSA) is 40.5 Å². The maximum Gasteiger partial charge on any atom is 0.156 e. The predicted octanol–water partition coefficient (Wildman–Crippen LogP) is 5.71. The number of rotatable bonds is 2. The van der Waals surface area contributed by atoms with Crippen LogP contribution in [0.5, 0.6) is 0 Å². The average molecular weight is 444 g/mol. The molecule has 1 N–H and O–H groups in total. The Morgan fingerprint density at radius 2 is 1.94 bits per heavy atom. The largest absolute Gasteiger partial charge is 0.378 e. The van der Waals surface area contributed by atoms with Gasteiger partial charge < -0.3 is 10.0 Å².